The average Bonchev–Trinajstić information content (AvgIpc) is 3.15. The van der Waals surface area contributed by atoms with Gasteiger partial charge < -0.3 is 10.1 Å². The molecular formula is C24H22N2O2S. The van der Waals surface area contributed by atoms with Gasteiger partial charge >= 0.3 is 0 Å². The minimum atomic E-state index is -0.138. The smallest absolute Gasteiger partial charge is 0.255 e. The van der Waals surface area contributed by atoms with Crippen molar-refractivity contribution in [2.75, 3.05) is 11.9 Å². The molecule has 146 valence electrons. The van der Waals surface area contributed by atoms with E-state index in [9.17, 15) is 4.79 Å². The quantitative estimate of drug-likeness (QED) is 0.430. The van der Waals surface area contributed by atoms with Crippen molar-refractivity contribution in [2.24, 2.45) is 0 Å². The number of benzene rings is 3. The predicted molar refractivity (Wildman–Crippen MR) is 120 cm³/mol. The van der Waals surface area contributed by atoms with Crippen LogP contribution < -0.4 is 10.1 Å². The van der Waals surface area contributed by atoms with Crippen LogP contribution in [0.4, 0.5) is 5.69 Å². The van der Waals surface area contributed by atoms with Crippen molar-refractivity contribution < 1.29 is 9.53 Å². The number of rotatable bonds is 5. The number of fused-ring (bicyclic) bond motifs is 1. The topological polar surface area (TPSA) is 51.2 Å². The molecule has 0 atom stereocenters. The molecule has 0 spiro atoms. The minimum Gasteiger partial charge on any atom is -0.494 e. The molecule has 0 saturated carbocycles. The Morgan fingerprint density at radius 1 is 1.07 bits per heavy atom. The molecule has 1 N–H and O–H groups in total. The van der Waals surface area contributed by atoms with E-state index in [4.69, 9.17) is 9.72 Å². The molecule has 0 bridgehead atoms. The first-order chi connectivity index (χ1) is 14.1. The second kappa shape index (κ2) is 8.05. The van der Waals surface area contributed by atoms with Crippen LogP contribution in [0.15, 0.2) is 60.7 Å². The molecule has 4 aromatic rings. The van der Waals surface area contributed by atoms with E-state index in [1.807, 2.05) is 69.3 Å². The third kappa shape index (κ3) is 3.87. The highest BCUT2D eigenvalue weighted by Gasteiger charge is 2.14. The number of aryl methyl sites for hydroxylation is 1. The number of thiazole rings is 1. The molecule has 1 heterocycles. The summed E-state index contributed by atoms with van der Waals surface area (Å²) in [7, 11) is 0. The maximum Gasteiger partial charge on any atom is 0.255 e. The summed E-state index contributed by atoms with van der Waals surface area (Å²) in [4.78, 5) is 17.6. The van der Waals surface area contributed by atoms with Crippen LogP contribution in [-0.2, 0) is 0 Å². The second-order valence-corrected chi connectivity index (χ2v) is 7.86. The lowest BCUT2D eigenvalue weighted by Crippen LogP contribution is -2.13. The first-order valence-corrected chi connectivity index (χ1v) is 10.4. The van der Waals surface area contributed by atoms with Gasteiger partial charge in [-0.1, -0.05) is 24.3 Å². The third-order valence-electron chi connectivity index (χ3n) is 4.84. The number of ether oxygens (including phenoxy) is 1. The van der Waals surface area contributed by atoms with E-state index >= 15 is 0 Å². The summed E-state index contributed by atoms with van der Waals surface area (Å²) in [6, 6.07) is 19.5. The number of anilines is 1. The van der Waals surface area contributed by atoms with Crippen molar-refractivity contribution in [1.82, 2.24) is 4.98 Å². The molecule has 0 aliphatic rings. The number of hydrogen-bond acceptors (Lipinski definition) is 4. The molecule has 4 rings (SSSR count). The van der Waals surface area contributed by atoms with Gasteiger partial charge in [0.05, 0.1) is 16.8 Å². The standard InChI is InChI=1S/C24H22N2O2S/c1-4-28-21-13-12-17(14-15(21)2)23(27)25-19-10-7-8-18(16(19)3)24-26-20-9-5-6-11-22(20)29-24/h5-14H,4H2,1-3H3,(H,25,27). The van der Waals surface area contributed by atoms with Gasteiger partial charge in [-0.15, -0.1) is 11.3 Å². The molecule has 0 aliphatic carbocycles. The fourth-order valence-electron chi connectivity index (χ4n) is 3.29. The van der Waals surface area contributed by atoms with Crippen molar-refractivity contribution in [3.05, 3.63) is 77.4 Å². The Kier molecular flexibility index (Phi) is 5.32. The highest BCUT2D eigenvalue weighted by atomic mass is 32.1. The van der Waals surface area contributed by atoms with E-state index in [0.29, 0.717) is 12.2 Å². The Morgan fingerprint density at radius 2 is 1.90 bits per heavy atom. The lowest BCUT2D eigenvalue weighted by molar-refractivity contribution is 0.102. The molecule has 4 nitrogen and oxygen atoms in total. The molecular weight excluding hydrogens is 380 g/mol. The maximum atomic E-state index is 12.8. The van der Waals surface area contributed by atoms with Crippen molar-refractivity contribution >= 4 is 33.1 Å². The van der Waals surface area contributed by atoms with Crippen LogP contribution in [0.3, 0.4) is 0 Å². The summed E-state index contributed by atoms with van der Waals surface area (Å²) in [5, 5.41) is 4.00. The van der Waals surface area contributed by atoms with Gasteiger partial charge in [0.15, 0.2) is 0 Å². The van der Waals surface area contributed by atoms with Crippen LogP contribution in [0, 0.1) is 13.8 Å². The number of hydrogen-bond donors (Lipinski definition) is 1. The van der Waals surface area contributed by atoms with Crippen LogP contribution in [0.1, 0.15) is 28.4 Å². The number of aromatic nitrogens is 1. The number of para-hydroxylation sites is 1. The Balaban J connectivity index is 1.62. The van der Waals surface area contributed by atoms with Gasteiger partial charge in [0.1, 0.15) is 10.8 Å². The molecule has 0 aliphatic heterocycles. The number of carbonyl (C=O) groups is 1. The second-order valence-electron chi connectivity index (χ2n) is 6.83. The van der Waals surface area contributed by atoms with Crippen molar-refractivity contribution in [1.29, 1.82) is 0 Å². The fourth-order valence-corrected chi connectivity index (χ4v) is 4.34. The molecule has 1 aromatic heterocycles. The number of carbonyl (C=O) groups excluding carboxylic acids is 1. The summed E-state index contributed by atoms with van der Waals surface area (Å²) in [6.07, 6.45) is 0. The molecule has 0 unspecified atom stereocenters. The largest absolute Gasteiger partial charge is 0.494 e. The predicted octanol–water partition coefficient (Wildman–Crippen LogP) is 6.23. The highest BCUT2D eigenvalue weighted by Crippen LogP contribution is 2.34. The fraction of sp³-hybridized carbons (Fsp3) is 0.167. The molecule has 3 aromatic carbocycles. The molecule has 1 amide bonds. The minimum absolute atomic E-state index is 0.138. The Morgan fingerprint density at radius 3 is 2.66 bits per heavy atom. The van der Waals surface area contributed by atoms with Crippen molar-refractivity contribution in [3.8, 4) is 16.3 Å². The van der Waals surface area contributed by atoms with E-state index in [2.05, 4.69) is 11.4 Å². The van der Waals surface area contributed by atoms with E-state index in [-0.39, 0.29) is 5.91 Å². The SMILES string of the molecule is CCOc1ccc(C(=O)Nc2cccc(-c3nc4ccccc4s3)c2C)cc1C. The van der Waals surface area contributed by atoms with Gasteiger partial charge in [0.2, 0.25) is 0 Å². The van der Waals surface area contributed by atoms with E-state index in [1.54, 1.807) is 17.4 Å². The van der Waals surface area contributed by atoms with Crippen LogP contribution in [0.2, 0.25) is 0 Å². The monoisotopic (exact) mass is 402 g/mol. The van der Waals surface area contributed by atoms with Crippen LogP contribution in [-0.4, -0.2) is 17.5 Å². The van der Waals surface area contributed by atoms with E-state index < -0.39 is 0 Å². The van der Waals surface area contributed by atoms with E-state index in [1.165, 1.54) is 0 Å². The molecule has 0 saturated heterocycles. The van der Waals surface area contributed by atoms with Crippen LogP contribution in [0.25, 0.3) is 20.8 Å². The van der Waals surface area contributed by atoms with Crippen molar-refractivity contribution in [2.45, 2.75) is 20.8 Å². The Labute approximate surface area is 174 Å². The van der Waals surface area contributed by atoms with E-state index in [0.717, 1.165) is 43.4 Å². The lowest BCUT2D eigenvalue weighted by atomic mass is 10.1. The van der Waals surface area contributed by atoms with Gasteiger partial charge in [-0.3, -0.25) is 4.79 Å². The maximum absolute atomic E-state index is 12.8. The number of nitrogens with one attached hydrogen (secondary N) is 1. The summed E-state index contributed by atoms with van der Waals surface area (Å²) < 4.78 is 6.71. The summed E-state index contributed by atoms with van der Waals surface area (Å²) in [6.45, 7) is 6.51. The normalized spacial score (nSPS) is 10.9. The molecule has 0 radical (unpaired) electrons. The highest BCUT2D eigenvalue weighted by molar-refractivity contribution is 7.21. The van der Waals surface area contributed by atoms with Crippen molar-refractivity contribution in [3.63, 3.8) is 0 Å². The third-order valence-corrected chi connectivity index (χ3v) is 5.91. The Hall–Kier alpha value is -3.18. The average molecular weight is 403 g/mol. The zero-order chi connectivity index (χ0) is 20.4. The van der Waals surface area contributed by atoms with Crippen LogP contribution in [0.5, 0.6) is 5.75 Å². The van der Waals surface area contributed by atoms with Gasteiger partial charge in [-0.2, -0.15) is 0 Å². The number of nitrogens with zero attached hydrogens (tertiary/aromatic N) is 1. The first-order valence-electron chi connectivity index (χ1n) is 9.57. The zero-order valence-corrected chi connectivity index (χ0v) is 17.5. The van der Waals surface area contributed by atoms with Crippen LogP contribution >= 0.6 is 11.3 Å². The zero-order valence-electron chi connectivity index (χ0n) is 16.7. The summed E-state index contributed by atoms with van der Waals surface area (Å²) in [5.41, 5.74) is 5.37. The molecule has 0 fully saturated rings. The first kappa shape index (κ1) is 19.2. The molecule has 5 heteroatoms. The van der Waals surface area contributed by atoms with Gasteiger partial charge in [-0.05, 0) is 68.3 Å². The summed E-state index contributed by atoms with van der Waals surface area (Å²) in [5.74, 6) is 0.666. The summed E-state index contributed by atoms with van der Waals surface area (Å²) >= 11 is 1.66. The molecule has 29 heavy (non-hydrogen) atoms. The van der Waals surface area contributed by atoms with Gasteiger partial charge in [0, 0.05) is 16.8 Å². The number of amides is 1. The Bertz CT molecular complexity index is 1160. The van der Waals surface area contributed by atoms with Gasteiger partial charge in [0.25, 0.3) is 5.91 Å². The lowest BCUT2D eigenvalue weighted by Gasteiger charge is -2.13. The van der Waals surface area contributed by atoms with Gasteiger partial charge in [-0.25, -0.2) is 4.98 Å².